The van der Waals surface area contributed by atoms with Crippen LogP contribution >= 0.6 is 0 Å². The van der Waals surface area contributed by atoms with Crippen molar-refractivity contribution >= 4 is 6.29 Å². The highest BCUT2D eigenvalue weighted by atomic mass is 16.6. The molecule has 0 rings (SSSR count). The van der Waals surface area contributed by atoms with E-state index in [4.69, 9.17) is 0 Å². The molecule has 4 heteroatoms. The molecule has 4 nitrogen and oxygen atoms in total. The van der Waals surface area contributed by atoms with Crippen LogP contribution in [0.3, 0.4) is 0 Å². The van der Waals surface area contributed by atoms with Gasteiger partial charge in [-0.25, -0.2) is 0 Å². The van der Waals surface area contributed by atoms with Crippen LogP contribution < -0.4 is 0 Å². The lowest BCUT2D eigenvalue weighted by Gasteiger charge is -1.93. The summed E-state index contributed by atoms with van der Waals surface area (Å²) in [6.45, 7) is 2.21. The first-order valence-electron chi connectivity index (χ1n) is 9.50. The van der Waals surface area contributed by atoms with Crippen molar-refractivity contribution in [1.82, 2.24) is 0 Å². The normalized spacial score (nSPS) is 12.9. The predicted octanol–water partition coefficient (Wildman–Crippen LogP) is 6.40. The molecule has 0 fully saturated rings. The number of rotatable bonds is 16. The summed E-state index contributed by atoms with van der Waals surface area (Å²) in [7, 11) is 0. The average Bonchev–Trinajstić information content (AvgIpc) is 2.63. The molecule has 0 spiro atoms. The summed E-state index contributed by atoms with van der Waals surface area (Å²) in [6.07, 6.45) is 28.1. The molecular weight excluding hydrogens is 326 g/mol. The van der Waals surface area contributed by atoms with Gasteiger partial charge in [-0.3, -0.25) is 14.9 Å². The van der Waals surface area contributed by atoms with Gasteiger partial charge >= 0.3 is 0 Å². The van der Waals surface area contributed by atoms with Crippen molar-refractivity contribution < 1.29 is 9.72 Å². The molecule has 0 unspecified atom stereocenters. The minimum Gasteiger partial charge on any atom is -0.291 e. The third-order valence-corrected chi connectivity index (χ3v) is 3.65. The van der Waals surface area contributed by atoms with E-state index in [1.54, 1.807) is 24.5 Å². The largest absolute Gasteiger partial charge is 0.291 e. The molecule has 0 amide bonds. The Bertz CT molecular complexity index is 513. The molecule has 26 heavy (non-hydrogen) atoms. The van der Waals surface area contributed by atoms with Gasteiger partial charge in [-0.05, 0) is 44.6 Å². The van der Waals surface area contributed by atoms with Crippen molar-refractivity contribution in [1.29, 1.82) is 0 Å². The zero-order chi connectivity index (χ0) is 19.3. The van der Waals surface area contributed by atoms with Gasteiger partial charge in [0.2, 0.25) is 5.70 Å². The molecule has 0 aliphatic rings. The first-order valence-corrected chi connectivity index (χ1v) is 9.50. The van der Waals surface area contributed by atoms with E-state index in [9.17, 15) is 14.9 Å². The highest BCUT2D eigenvalue weighted by molar-refractivity contribution is 5.50. The lowest BCUT2D eigenvalue weighted by Crippen LogP contribution is -1.97. The molecule has 0 saturated carbocycles. The summed E-state index contributed by atoms with van der Waals surface area (Å²) >= 11 is 0. The fraction of sp³-hybridized carbons (Fsp3) is 0.500. The van der Waals surface area contributed by atoms with Gasteiger partial charge in [-0.2, -0.15) is 0 Å². The Labute approximate surface area is 158 Å². The van der Waals surface area contributed by atoms with Gasteiger partial charge in [0.25, 0.3) is 0 Å². The molecule has 0 N–H and O–H groups in total. The monoisotopic (exact) mass is 358 g/mol. The summed E-state index contributed by atoms with van der Waals surface area (Å²) < 4.78 is 0. The molecule has 0 saturated heterocycles. The van der Waals surface area contributed by atoms with Gasteiger partial charge in [0.15, 0.2) is 6.29 Å². The second kappa shape index (κ2) is 19.1. The first-order chi connectivity index (χ1) is 12.7. The maximum atomic E-state index is 11.0. The summed E-state index contributed by atoms with van der Waals surface area (Å²) in [5.74, 6) is 0. The molecule has 0 aliphatic carbocycles. The van der Waals surface area contributed by atoms with E-state index in [0.29, 0.717) is 19.3 Å². The van der Waals surface area contributed by atoms with Crippen LogP contribution in [0.2, 0.25) is 0 Å². The van der Waals surface area contributed by atoms with Crippen LogP contribution in [-0.4, -0.2) is 11.2 Å². The number of carbonyl (C=O) groups excluding carboxylic acids is 1. The molecule has 0 aromatic heterocycles. The molecular formula is C22H32NO3. The molecule has 1 radical (unpaired) electrons. The maximum absolute atomic E-state index is 11.0. The Morgan fingerprint density at radius 3 is 2.12 bits per heavy atom. The topological polar surface area (TPSA) is 60.2 Å². The van der Waals surface area contributed by atoms with Crippen molar-refractivity contribution in [3.8, 4) is 0 Å². The number of hydrogen-bond donors (Lipinski definition) is 0. The SMILES string of the molecule is CCCCC/C=C/C/C=C/C/C=C/C/C=C(/C/C=C/CC[C]=O)[N+](=O)[O-]. The van der Waals surface area contributed by atoms with Crippen molar-refractivity contribution in [2.45, 2.75) is 71.1 Å². The van der Waals surface area contributed by atoms with Gasteiger partial charge in [0.1, 0.15) is 0 Å². The van der Waals surface area contributed by atoms with E-state index in [2.05, 4.69) is 31.2 Å². The minimum atomic E-state index is -0.350. The van der Waals surface area contributed by atoms with Gasteiger partial charge in [-0.15, -0.1) is 0 Å². The highest BCUT2D eigenvalue weighted by Crippen LogP contribution is 2.07. The van der Waals surface area contributed by atoms with E-state index in [1.807, 2.05) is 12.2 Å². The number of unbranched alkanes of at least 4 members (excludes halogenated alkanes) is 4. The number of hydrogen-bond acceptors (Lipinski definition) is 3. The van der Waals surface area contributed by atoms with E-state index < -0.39 is 0 Å². The van der Waals surface area contributed by atoms with Crippen LogP contribution in [0.5, 0.6) is 0 Å². The van der Waals surface area contributed by atoms with Crippen LogP contribution in [0.15, 0.2) is 60.4 Å². The van der Waals surface area contributed by atoms with E-state index in [-0.39, 0.29) is 17.0 Å². The predicted molar refractivity (Wildman–Crippen MR) is 109 cm³/mol. The number of allylic oxidation sites excluding steroid dienone is 9. The third kappa shape index (κ3) is 16.6. The zero-order valence-corrected chi connectivity index (χ0v) is 15.9. The Balaban J connectivity index is 3.96. The van der Waals surface area contributed by atoms with Crippen LogP contribution in [0.4, 0.5) is 0 Å². The van der Waals surface area contributed by atoms with Crippen molar-refractivity contribution in [3.63, 3.8) is 0 Å². The molecule has 143 valence electrons. The van der Waals surface area contributed by atoms with E-state index in [1.165, 1.54) is 19.3 Å². The molecule has 0 heterocycles. The fourth-order valence-electron chi connectivity index (χ4n) is 2.17. The highest BCUT2D eigenvalue weighted by Gasteiger charge is 2.06. The van der Waals surface area contributed by atoms with Gasteiger partial charge < -0.3 is 0 Å². The van der Waals surface area contributed by atoms with Gasteiger partial charge in [0.05, 0.1) is 11.3 Å². The molecule has 0 atom stereocenters. The lowest BCUT2D eigenvalue weighted by molar-refractivity contribution is -0.427. The fourth-order valence-corrected chi connectivity index (χ4v) is 2.17. The molecule has 0 aromatic carbocycles. The lowest BCUT2D eigenvalue weighted by atomic mass is 10.2. The van der Waals surface area contributed by atoms with Crippen LogP contribution in [0, 0.1) is 10.1 Å². The van der Waals surface area contributed by atoms with Crippen molar-refractivity contribution in [2.75, 3.05) is 0 Å². The second-order valence-electron chi connectivity index (χ2n) is 5.93. The van der Waals surface area contributed by atoms with E-state index >= 15 is 0 Å². The number of nitrogens with zero attached hydrogens (tertiary/aromatic N) is 1. The summed E-state index contributed by atoms with van der Waals surface area (Å²) in [6, 6.07) is 0. The van der Waals surface area contributed by atoms with Crippen molar-refractivity contribution in [2.24, 2.45) is 0 Å². The van der Waals surface area contributed by atoms with Gasteiger partial charge in [0, 0.05) is 6.42 Å². The van der Waals surface area contributed by atoms with Crippen LogP contribution in [0.1, 0.15) is 71.1 Å². The Hall–Kier alpha value is -2.23. The Morgan fingerprint density at radius 1 is 0.885 bits per heavy atom. The molecule has 0 bridgehead atoms. The summed E-state index contributed by atoms with van der Waals surface area (Å²) in [4.78, 5) is 20.7. The second-order valence-corrected chi connectivity index (χ2v) is 5.93. The Kier molecular flexibility index (Phi) is 17.5. The minimum absolute atomic E-state index is 0.185. The Morgan fingerprint density at radius 2 is 1.50 bits per heavy atom. The van der Waals surface area contributed by atoms with Crippen LogP contribution in [0.25, 0.3) is 0 Å². The van der Waals surface area contributed by atoms with Crippen LogP contribution in [-0.2, 0) is 4.79 Å². The first kappa shape index (κ1) is 23.8. The molecule has 0 aromatic rings. The standard InChI is InChI=1S/C22H32NO3/c1-2-3-4-5-6-7-8-9-10-11-12-13-16-19-22(23(25)26)20-17-14-15-18-21-24/h6-7,9-10,12-14,17,19H,2-5,8,11,15-16,18,20H2,1H3/b7-6+,10-9+,13-12+,17-14+,22-19-. The van der Waals surface area contributed by atoms with E-state index in [0.717, 1.165) is 19.3 Å². The number of nitro groups is 1. The van der Waals surface area contributed by atoms with Gasteiger partial charge in [-0.1, -0.05) is 68.4 Å². The average molecular weight is 359 g/mol. The summed E-state index contributed by atoms with van der Waals surface area (Å²) in [5.41, 5.74) is 0.185. The quantitative estimate of drug-likeness (QED) is 0.139. The summed E-state index contributed by atoms with van der Waals surface area (Å²) in [5, 5.41) is 11.0. The molecule has 0 aliphatic heterocycles. The zero-order valence-electron chi connectivity index (χ0n) is 15.9. The smallest absolute Gasteiger partial charge is 0.246 e. The maximum Gasteiger partial charge on any atom is 0.246 e. The third-order valence-electron chi connectivity index (χ3n) is 3.65. The van der Waals surface area contributed by atoms with Crippen molar-refractivity contribution in [3.05, 3.63) is 70.5 Å².